The van der Waals surface area contributed by atoms with E-state index in [1.807, 2.05) is 0 Å². The minimum absolute atomic E-state index is 0.0599. The van der Waals surface area contributed by atoms with Crippen molar-refractivity contribution >= 4 is 27.3 Å². The fourth-order valence-corrected chi connectivity index (χ4v) is 4.20. The highest BCUT2D eigenvalue weighted by Gasteiger charge is 2.37. The van der Waals surface area contributed by atoms with Gasteiger partial charge in [-0.3, -0.25) is 0 Å². The van der Waals surface area contributed by atoms with E-state index in [1.54, 1.807) is 0 Å². The van der Waals surface area contributed by atoms with E-state index in [0.29, 0.717) is 19.6 Å². The lowest BCUT2D eigenvalue weighted by atomic mass is 10.0. The van der Waals surface area contributed by atoms with Crippen molar-refractivity contribution in [3.63, 3.8) is 0 Å². The normalized spacial score (nSPS) is 22.4. The second kappa shape index (κ2) is 6.36. The van der Waals surface area contributed by atoms with E-state index >= 15 is 0 Å². The first-order valence-electron chi connectivity index (χ1n) is 6.08. The van der Waals surface area contributed by atoms with Crippen molar-refractivity contribution in [2.75, 3.05) is 34.0 Å². The minimum atomic E-state index is -3.87. The Labute approximate surface area is 126 Å². The Morgan fingerprint density at radius 1 is 1.57 bits per heavy atom. The van der Waals surface area contributed by atoms with Crippen LogP contribution in [0.25, 0.3) is 0 Å². The molecule has 0 amide bonds. The molecule has 1 aromatic rings. The summed E-state index contributed by atoms with van der Waals surface area (Å²) in [7, 11) is -1.19. The molecule has 118 valence electrons. The first kappa shape index (κ1) is 16.3. The molecule has 1 aromatic heterocycles. The maximum atomic E-state index is 12.3. The van der Waals surface area contributed by atoms with Gasteiger partial charge in [-0.2, -0.15) is 0 Å². The summed E-state index contributed by atoms with van der Waals surface area (Å²) >= 11 is 0.855. The number of methoxy groups -OCH3 is 2. The Hall–Kier alpha value is -1.07. The zero-order chi connectivity index (χ0) is 15.5. The summed E-state index contributed by atoms with van der Waals surface area (Å²) in [6, 6.07) is 0. The Balaban J connectivity index is 2.16. The van der Waals surface area contributed by atoms with Gasteiger partial charge >= 0.3 is 5.97 Å². The second-order valence-corrected chi connectivity index (χ2v) is 7.31. The molecule has 10 heteroatoms. The third kappa shape index (κ3) is 3.40. The Kier molecular flexibility index (Phi) is 4.94. The molecule has 1 N–H and O–H groups in total. The maximum Gasteiger partial charge on any atom is 0.358 e. The van der Waals surface area contributed by atoms with Crippen LogP contribution in [0.4, 0.5) is 0 Å². The van der Waals surface area contributed by atoms with Gasteiger partial charge in [0.25, 0.3) is 10.0 Å². The summed E-state index contributed by atoms with van der Waals surface area (Å²) in [6.07, 6.45) is 0.596. The number of sulfonamides is 1. The maximum absolute atomic E-state index is 12.3. The largest absolute Gasteiger partial charge is 0.464 e. The first-order valence-corrected chi connectivity index (χ1v) is 8.45. The van der Waals surface area contributed by atoms with E-state index in [9.17, 15) is 13.2 Å². The predicted molar refractivity (Wildman–Crippen MR) is 73.8 cm³/mol. The molecule has 1 unspecified atom stereocenters. The van der Waals surface area contributed by atoms with Gasteiger partial charge in [0, 0.05) is 26.7 Å². The lowest BCUT2D eigenvalue weighted by molar-refractivity contribution is -0.0120. The predicted octanol–water partition coefficient (Wildman–Crippen LogP) is 0.0135. The zero-order valence-electron chi connectivity index (χ0n) is 11.6. The van der Waals surface area contributed by atoms with Gasteiger partial charge in [0.05, 0.1) is 19.2 Å². The topological polar surface area (TPSA) is 104 Å². The summed E-state index contributed by atoms with van der Waals surface area (Å²) in [6.45, 7) is 0.895. The zero-order valence-corrected chi connectivity index (χ0v) is 13.3. The molecule has 1 aliphatic heterocycles. The van der Waals surface area contributed by atoms with E-state index < -0.39 is 21.6 Å². The standard InChI is InChI=1S/C11H16N2O6S2/c1-17-9(14)8-10(20-7-12-8)21(15,16)13-5-11(18-2)3-4-19-6-11/h7,13H,3-6H2,1-2H3. The Bertz CT molecular complexity index is 606. The van der Waals surface area contributed by atoms with Crippen LogP contribution in [0, 0.1) is 0 Å². The summed E-state index contributed by atoms with van der Waals surface area (Å²) < 4.78 is 42.0. The van der Waals surface area contributed by atoms with Crippen LogP contribution in [-0.4, -0.2) is 59.0 Å². The lowest BCUT2D eigenvalue weighted by Crippen LogP contribution is -2.45. The number of hydrogen-bond donors (Lipinski definition) is 1. The SMILES string of the molecule is COC(=O)c1ncsc1S(=O)(=O)NCC1(OC)CCOC1. The number of carbonyl (C=O) groups is 1. The van der Waals surface area contributed by atoms with E-state index in [4.69, 9.17) is 9.47 Å². The number of ether oxygens (including phenoxy) is 3. The van der Waals surface area contributed by atoms with Crippen LogP contribution in [0.2, 0.25) is 0 Å². The summed E-state index contributed by atoms with van der Waals surface area (Å²) in [5.74, 6) is -0.790. The fraction of sp³-hybridized carbons (Fsp3) is 0.636. The minimum Gasteiger partial charge on any atom is -0.464 e. The lowest BCUT2D eigenvalue weighted by Gasteiger charge is -2.25. The third-order valence-corrected chi connectivity index (χ3v) is 6.01. The summed E-state index contributed by atoms with van der Waals surface area (Å²) in [5.41, 5.74) is 0.388. The Morgan fingerprint density at radius 3 is 2.90 bits per heavy atom. The summed E-state index contributed by atoms with van der Waals surface area (Å²) in [4.78, 5) is 15.2. The molecule has 0 aromatic carbocycles. The highest BCUT2D eigenvalue weighted by Crippen LogP contribution is 2.24. The molecule has 2 rings (SSSR count). The number of thiazole rings is 1. The van der Waals surface area contributed by atoms with Crippen molar-refractivity contribution < 1.29 is 27.4 Å². The summed E-state index contributed by atoms with van der Waals surface area (Å²) in [5, 5.41) is 0. The number of nitrogens with zero attached hydrogens (tertiary/aromatic N) is 1. The van der Waals surface area contributed by atoms with E-state index in [2.05, 4.69) is 14.4 Å². The van der Waals surface area contributed by atoms with E-state index in [0.717, 1.165) is 11.3 Å². The highest BCUT2D eigenvalue weighted by atomic mass is 32.2. The van der Waals surface area contributed by atoms with Crippen molar-refractivity contribution in [2.45, 2.75) is 16.2 Å². The van der Waals surface area contributed by atoms with Crippen molar-refractivity contribution in [1.29, 1.82) is 0 Å². The molecule has 0 bridgehead atoms. The molecule has 1 saturated heterocycles. The van der Waals surface area contributed by atoms with Gasteiger partial charge in [0.1, 0.15) is 5.60 Å². The van der Waals surface area contributed by atoms with Crippen molar-refractivity contribution in [3.05, 3.63) is 11.2 Å². The fourth-order valence-electron chi connectivity index (χ4n) is 1.91. The van der Waals surface area contributed by atoms with Crippen LogP contribution in [0.1, 0.15) is 16.9 Å². The molecule has 2 heterocycles. The van der Waals surface area contributed by atoms with Crippen LogP contribution in [-0.2, 0) is 24.2 Å². The molecule has 0 radical (unpaired) electrons. The first-order chi connectivity index (χ1) is 9.94. The molecule has 21 heavy (non-hydrogen) atoms. The van der Waals surface area contributed by atoms with Crippen LogP contribution < -0.4 is 4.72 Å². The number of hydrogen-bond acceptors (Lipinski definition) is 8. The van der Waals surface area contributed by atoms with Crippen LogP contribution in [0.15, 0.2) is 9.72 Å². The molecule has 0 saturated carbocycles. The van der Waals surface area contributed by atoms with Crippen molar-refractivity contribution in [2.24, 2.45) is 0 Å². The van der Waals surface area contributed by atoms with Gasteiger partial charge in [-0.25, -0.2) is 22.9 Å². The second-order valence-electron chi connectivity index (χ2n) is 4.49. The van der Waals surface area contributed by atoms with Gasteiger partial charge in [-0.15, -0.1) is 11.3 Å². The van der Waals surface area contributed by atoms with Crippen LogP contribution >= 0.6 is 11.3 Å². The molecule has 0 spiro atoms. The van der Waals surface area contributed by atoms with Crippen LogP contribution in [0.5, 0.6) is 0 Å². The monoisotopic (exact) mass is 336 g/mol. The van der Waals surface area contributed by atoms with E-state index in [1.165, 1.54) is 19.7 Å². The quantitative estimate of drug-likeness (QED) is 0.730. The average molecular weight is 336 g/mol. The molecule has 8 nitrogen and oxygen atoms in total. The van der Waals surface area contributed by atoms with Crippen molar-refractivity contribution in [3.8, 4) is 0 Å². The smallest absolute Gasteiger partial charge is 0.358 e. The average Bonchev–Trinajstić information content (AvgIpc) is 3.14. The van der Waals surface area contributed by atoms with Crippen molar-refractivity contribution in [1.82, 2.24) is 9.71 Å². The number of carbonyl (C=O) groups excluding carboxylic acids is 1. The van der Waals surface area contributed by atoms with Gasteiger partial charge in [0.2, 0.25) is 0 Å². The number of esters is 1. The molecule has 0 aliphatic carbocycles. The van der Waals surface area contributed by atoms with E-state index in [-0.39, 0.29) is 16.4 Å². The number of nitrogens with one attached hydrogen (secondary N) is 1. The molecular formula is C11H16N2O6S2. The van der Waals surface area contributed by atoms with Crippen LogP contribution in [0.3, 0.4) is 0 Å². The third-order valence-electron chi connectivity index (χ3n) is 3.24. The number of rotatable bonds is 6. The molecule has 1 fully saturated rings. The Morgan fingerprint density at radius 2 is 2.33 bits per heavy atom. The van der Waals surface area contributed by atoms with Gasteiger partial charge < -0.3 is 14.2 Å². The van der Waals surface area contributed by atoms with Gasteiger partial charge in [-0.1, -0.05) is 0 Å². The highest BCUT2D eigenvalue weighted by molar-refractivity contribution is 7.91. The molecule has 1 atom stereocenters. The number of aromatic nitrogens is 1. The molecular weight excluding hydrogens is 320 g/mol. The molecule has 1 aliphatic rings. The van der Waals surface area contributed by atoms with Gasteiger partial charge in [0.15, 0.2) is 9.90 Å². The van der Waals surface area contributed by atoms with Gasteiger partial charge in [-0.05, 0) is 0 Å².